The van der Waals surface area contributed by atoms with Crippen LogP contribution in [-0.4, -0.2) is 25.3 Å². The summed E-state index contributed by atoms with van der Waals surface area (Å²) >= 11 is 0. The molecular formula is C11H25NO. The molecule has 0 saturated carbocycles. The summed E-state index contributed by atoms with van der Waals surface area (Å²) in [6, 6.07) is 0. The Morgan fingerprint density at radius 2 is 1.77 bits per heavy atom. The number of nitrogens with one attached hydrogen (secondary N) is 1. The van der Waals surface area contributed by atoms with Crippen LogP contribution in [0.25, 0.3) is 0 Å². The van der Waals surface area contributed by atoms with Gasteiger partial charge in [0.25, 0.3) is 0 Å². The molecule has 0 heterocycles. The predicted molar refractivity (Wildman–Crippen MR) is 58.1 cm³/mol. The SMILES string of the molecule is CCCNCC(C)OC(C)CCC. The second kappa shape index (κ2) is 8.52. The molecule has 0 bridgehead atoms. The zero-order valence-electron chi connectivity index (χ0n) is 9.60. The van der Waals surface area contributed by atoms with E-state index in [9.17, 15) is 0 Å². The molecule has 0 aromatic heterocycles. The van der Waals surface area contributed by atoms with Crippen molar-refractivity contribution < 1.29 is 4.74 Å². The third-order valence-corrected chi connectivity index (χ3v) is 2.02. The summed E-state index contributed by atoms with van der Waals surface area (Å²) in [5.41, 5.74) is 0. The first kappa shape index (κ1) is 12.9. The smallest absolute Gasteiger partial charge is 0.0674 e. The van der Waals surface area contributed by atoms with Crippen LogP contribution in [-0.2, 0) is 4.74 Å². The zero-order valence-corrected chi connectivity index (χ0v) is 9.60. The van der Waals surface area contributed by atoms with Crippen molar-refractivity contribution in [2.75, 3.05) is 13.1 Å². The van der Waals surface area contributed by atoms with E-state index in [0.29, 0.717) is 12.2 Å². The Morgan fingerprint density at radius 3 is 2.31 bits per heavy atom. The van der Waals surface area contributed by atoms with Gasteiger partial charge in [0, 0.05) is 6.54 Å². The van der Waals surface area contributed by atoms with E-state index in [1.54, 1.807) is 0 Å². The molecule has 80 valence electrons. The second-order valence-electron chi connectivity index (χ2n) is 3.75. The van der Waals surface area contributed by atoms with Crippen LogP contribution >= 0.6 is 0 Å². The molecule has 0 aliphatic heterocycles. The fraction of sp³-hybridized carbons (Fsp3) is 1.00. The maximum Gasteiger partial charge on any atom is 0.0674 e. The van der Waals surface area contributed by atoms with Gasteiger partial charge in [0.1, 0.15) is 0 Å². The van der Waals surface area contributed by atoms with Gasteiger partial charge < -0.3 is 10.1 Å². The maximum absolute atomic E-state index is 5.77. The lowest BCUT2D eigenvalue weighted by Gasteiger charge is -2.19. The summed E-state index contributed by atoms with van der Waals surface area (Å²) in [5.74, 6) is 0. The molecule has 2 atom stereocenters. The lowest BCUT2D eigenvalue weighted by Crippen LogP contribution is -2.29. The highest BCUT2D eigenvalue weighted by Crippen LogP contribution is 2.03. The number of hydrogen-bond acceptors (Lipinski definition) is 2. The number of hydrogen-bond donors (Lipinski definition) is 1. The molecule has 2 nitrogen and oxygen atoms in total. The monoisotopic (exact) mass is 187 g/mol. The summed E-state index contributed by atoms with van der Waals surface area (Å²) in [5, 5.41) is 3.36. The minimum Gasteiger partial charge on any atom is -0.374 e. The predicted octanol–water partition coefficient (Wildman–Crippen LogP) is 2.58. The molecule has 0 amide bonds. The van der Waals surface area contributed by atoms with E-state index >= 15 is 0 Å². The van der Waals surface area contributed by atoms with E-state index in [4.69, 9.17) is 4.74 Å². The van der Waals surface area contributed by atoms with Crippen molar-refractivity contribution in [2.45, 2.75) is 59.2 Å². The first-order valence-electron chi connectivity index (χ1n) is 5.56. The Bertz CT molecular complexity index is 106. The fourth-order valence-electron chi connectivity index (χ4n) is 1.40. The average Bonchev–Trinajstić information content (AvgIpc) is 2.05. The van der Waals surface area contributed by atoms with Crippen LogP contribution in [0.15, 0.2) is 0 Å². The molecule has 0 aliphatic carbocycles. The van der Waals surface area contributed by atoms with Gasteiger partial charge in [-0.3, -0.25) is 0 Å². The van der Waals surface area contributed by atoms with Crippen molar-refractivity contribution in [1.29, 1.82) is 0 Å². The quantitative estimate of drug-likeness (QED) is 0.590. The molecule has 0 aromatic rings. The first-order chi connectivity index (χ1) is 6.20. The van der Waals surface area contributed by atoms with E-state index in [1.807, 2.05) is 0 Å². The van der Waals surface area contributed by atoms with E-state index in [2.05, 4.69) is 33.0 Å². The van der Waals surface area contributed by atoms with Crippen molar-refractivity contribution in [3.63, 3.8) is 0 Å². The van der Waals surface area contributed by atoms with Crippen LogP contribution in [0.2, 0.25) is 0 Å². The van der Waals surface area contributed by atoms with Crippen LogP contribution in [0.1, 0.15) is 47.0 Å². The second-order valence-corrected chi connectivity index (χ2v) is 3.75. The highest BCUT2D eigenvalue weighted by molar-refractivity contribution is 4.58. The largest absolute Gasteiger partial charge is 0.374 e. The molecule has 0 rings (SSSR count). The van der Waals surface area contributed by atoms with Crippen LogP contribution < -0.4 is 5.32 Å². The minimum atomic E-state index is 0.341. The summed E-state index contributed by atoms with van der Waals surface area (Å²) < 4.78 is 5.77. The van der Waals surface area contributed by atoms with Crippen LogP contribution in [0, 0.1) is 0 Å². The van der Waals surface area contributed by atoms with E-state index in [-0.39, 0.29) is 0 Å². The number of rotatable bonds is 8. The summed E-state index contributed by atoms with van der Waals surface area (Å²) in [4.78, 5) is 0. The topological polar surface area (TPSA) is 21.3 Å². The average molecular weight is 187 g/mol. The Labute approximate surface area is 83.1 Å². The van der Waals surface area contributed by atoms with Gasteiger partial charge in [-0.15, -0.1) is 0 Å². The van der Waals surface area contributed by atoms with Crippen molar-refractivity contribution in [3.05, 3.63) is 0 Å². The summed E-state index contributed by atoms with van der Waals surface area (Å²) in [7, 11) is 0. The van der Waals surface area contributed by atoms with E-state index in [1.165, 1.54) is 12.8 Å². The normalized spacial score (nSPS) is 15.7. The molecule has 0 aromatic carbocycles. The van der Waals surface area contributed by atoms with Crippen LogP contribution in [0.4, 0.5) is 0 Å². The van der Waals surface area contributed by atoms with Crippen molar-refractivity contribution in [2.24, 2.45) is 0 Å². The first-order valence-corrected chi connectivity index (χ1v) is 5.56. The summed E-state index contributed by atoms with van der Waals surface area (Å²) in [6.45, 7) is 10.7. The summed E-state index contributed by atoms with van der Waals surface area (Å²) in [6.07, 6.45) is 4.31. The molecule has 0 aliphatic rings. The Kier molecular flexibility index (Phi) is 8.46. The highest BCUT2D eigenvalue weighted by Gasteiger charge is 2.06. The molecule has 2 heteroatoms. The van der Waals surface area contributed by atoms with Crippen molar-refractivity contribution >= 4 is 0 Å². The Hall–Kier alpha value is -0.0800. The van der Waals surface area contributed by atoms with Gasteiger partial charge in [0.05, 0.1) is 12.2 Å². The molecule has 0 saturated heterocycles. The standard InChI is InChI=1S/C11H25NO/c1-5-7-10(3)13-11(4)9-12-8-6-2/h10-12H,5-9H2,1-4H3. The zero-order chi connectivity index (χ0) is 10.1. The Balaban J connectivity index is 3.32. The van der Waals surface area contributed by atoms with Gasteiger partial charge in [0.2, 0.25) is 0 Å². The molecule has 0 spiro atoms. The maximum atomic E-state index is 5.77. The van der Waals surface area contributed by atoms with Gasteiger partial charge in [-0.05, 0) is 33.2 Å². The molecular weight excluding hydrogens is 162 g/mol. The van der Waals surface area contributed by atoms with Crippen LogP contribution in [0.5, 0.6) is 0 Å². The molecule has 0 radical (unpaired) electrons. The van der Waals surface area contributed by atoms with Gasteiger partial charge in [-0.2, -0.15) is 0 Å². The lowest BCUT2D eigenvalue weighted by atomic mass is 10.2. The van der Waals surface area contributed by atoms with E-state index in [0.717, 1.165) is 19.5 Å². The lowest BCUT2D eigenvalue weighted by molar-refractivity contribution is 0.00475. The molecule has 1 N–H and O–H groups in total. The van der Waals surface area contributed by atoms with Crippen molar-refractivity contribution in [1.82, 2.24) is 5.32 Å². The third kappa shape index (κ3) is 8.26. The number of ether oxygens (including phenoxy) is 1. The van der Waals surface area contributed by atoms with Crippen LogP contribution in [0.3, 0.4) is 0 Å². The molecule has 2 unspecified atom stereocenters. The third-order valence-electron chi connectivity index (χ3n) is 2.02. The minimum absolute atomic E-state index is 0.341. The Morgan fingerprint density at radius 1 is 1.08 bits per heavy atom. The molecule has 0 fully saturated rings. The molecule has 13 heavy (non-hydrogen) atoms. The van der Waals surface area contributed by atoms with Gasteiger partial charge >= 0.3 is 0 Å². The van der Waals surface area contributed by atoms with E-state index < -0.39 is 0 Å². The highest BCUT2D eigenvalue weighted by atomic mass is 16.5. The van der Waals surface area contributed by atoms with Gasteiger partial charge in [-0.25, -0.2) is 0 Å². The fourth-order valence-corrected chi connectivity index (χ4v) is 1.40. The van der Waals surface area contributed by atoms with Crippen molar-refractivity contribution in [3.8, 4) is 0 Å². The van der Waals surface area contributed by atoms with Gasteiger partial charge in [0.15, 0.2) is 0 Å². The van der Waals surface area contributed by atoms with Gasteiger partial charge in [-0.1, -0.05) is 20.3 Å².